The van der Waals surface area contributed by atoms with E-state index in [2.05, 4.69) is 9.97 Å². The summed E-state index contributed by atoms with van der Waals surface area (Å²) in [6.45, 7) is 0.112. The summed E-state index contributed by atoms with van der Waals surface area (Å²) in [5.41, 5.74) is 2.97. The molecule has 0 aliphatic carbocycles. The molecule has 1 unspecified atom stereocenters. The second-order valence-electron chi connectivity index (χ2n) is 6.93. The Morgan fingerprint density at radius 1 is 1.00 bits per heavy atom. The number of aromatic nitrogens is 3. The van der Waals surface area contributed by atoms with Crippen molar-refractivity contribution in [2.45, 2.75) is 12.8 Å². The van der Waals surface area contributed by atoms with Gasteiger partial charge in [0.2, 0.25) is 5.88 Å². The summed E-state index contributed by atoms with van der Waals surface area (Å²) in [6.07, 6.45) is 0.887. The molecule has 148 valence electrons. The fourth-order valence-electron chi connectivity index (χ4n) is 3.65. The molecule has 0 radical (unpaired) electrons. The number of nitrogens with zero attached hydrogens (tertiary/aromatic N) is 3. The zero-order valence-electron chi connectivity index (χ0n) is 15.7. The maximum Gasteiger partial charge on any atom is 0.267 e. The van der Waals surface area contributed by atoms with Crippen molar-refractivity contribution in [1.29, 1.82) is 0 Å². The Kier molecular flexibility index (Phi) is 4.58. The van der Waals surface area contributed by atoms with Crippen molar-refractivity contribution in [2.24, 2.45) is 0 Å². The van der Waals surface area contributed by atoms with E-state index in [0.717, 1.165) is 11.1 Å². The smallest absolute Gasteiger partial charge is 0.267 e. The van der Waals surface area contributed by atoms with E-state index in [0.29, 0.717) is 22.1 Å². The van der Waals surface area contributed by atoms with Crippen molar-refractivity contribution < 1.29 is 9.84 Å². The first-order valence-electron chi connectivity index (χ1n) is 9.35. The lowest BCUT2D eigenvalue weighted by molar-refractivity contribution is 0.0613. The van der Waals surface area contributed by atoms with E-state index in [9.17, 15) is 9.90 Å². The Morgan fingerprint density at radius 2 is 1.77 bits per heavy atom. The summed E-state index contributed by atoms with van der Waals surface area (Å²) < 4.78 is 7.23. The van der Waals surface area contributed by atoms with Gasteiger partial charge in [0.25, 0.3) is 5.56 Å². The fourth-order valence-corrected chi connectivity index (χ4v) is 3.76. The molecule has 1 aliphatic rings. The highest BCUT2D eigenvalue weighted by molar-refractivity contribution is 6.29. The first-order chi connectivity index (χ1) is 14.6. The number of benzene rings is 2. The van der Waals surface area contributed by atoms with Gasteiger partial charge in [-0.15, -0.1) is 0 Å². The third-order valence-electron chi connectivity index (χ3n) is 5.07. The zero-order chi connectivity index (χ0) is 20.7. The van der Waals surface area contributed by atoms with Gasteiger partial charge < -0.3 is 9.84 Å². The SMILES string of the molecule is O=c1c(-c2cccc(-c3ccccc3)c2)c(O)nc2n1C(c1ccc(Cl)nc1)OC2. The van der Waals surface area contributed by atoms with Gasteiger partial charge >= 0.3 is 0 Å². The Bertz CT molecular complexity index is 1290. The molecule has 0 bridgehead atoms. The fraction of sp³-hybridized carbons (Fsp3) is 0.0870. The van der Waals surface area contributed by atoms with Gasteiger partial charge in [-0.25, -0.2) is 4.98 Å². The number of halogens is 1. The van der Waals surface area contributed by atoms with Gasteiger partial charge in [-0.3, -0.25) is 9.36 Å². The molecule has 4 aromatic rings. The van der Waals surface area contributed by atoms with Crippen LogP contribution < -0.4 is 5.56 Å². The highest BCUT2D eigenvalue weighted by atomic mass is 35.5. The van der Waals surface area contributed by atoms with Gasteiger partial charge in [0.15, 0.2) is 6.23 Å². The lowest BCUT2D eigenvalue weighted by Crippen LogP contribution is -2.26. The van der Waals surface area contributed by atoms with Gasteiger partial charge in [-0.1, -0.05) is 60.1 Å². The highest BCUT2D eigenvalue weighted by Crippen LogP contribution is 2.33. The summed E-state index contributed by atoms with van der Waals surface area (Å²) in [7, 11) is 0. The van der Waals surface area contributed by atoms with Crippen LogP contribution in [-0.2, 0) is 11.3 Å². The Morgan fingerprint density at radius 3 is 2.53 bits per heavy atom. The first kappa shape index (κ1) is 18.5. The summed E-state index contributed by atoms with van der Waals surface area (Å²) in [5.74, 6) is 0.0513. The van der Waals surface area contributed by atoms with Crippen molar-refractivity contribution in [2.75, 3.05) is 0 Å². The lowest BCUT2D eigenvalue weighted by atomic mass is 10.00. The second-order valence-corrected chi connectivity index (χ2v) is 7.31. The van der Waals surface area contributed by atoms with Crippen LogP contribution in [0.1, 0.15) is 17.6 Å². The molecule has 2 aromatic carbocycles. The molecule has 1 N–H and O–H groups in total. The number of rotatable bonds is 3. The highest BCUT2D eigenvalue weighted by Gasteiger charge is 2.30. The predicted molar refractivity (Wildman–Crippen MR) is 113 cm³/mol. The van der Waals surface area contributed by atoms with E-state index in [1.165, 1.54) is 4.57 Å². The molecule has 0 saturated heterocycles. The average molecular weight is 418 g/mol. The van der Waals surface area contributed by atoms with E-state index in [-0.39, 0.29) is 23.6 Å². The topological polar surface area (TPSA) is 77.2 Å². The van der Waals surface area contributed by atoms with Crippen LogP contribution in [0.15, 0.2) is 77.7 Å². The minimum absolute atomic E-state index is 0.112. The van der Waals surface area contributed by atoms with E-state index in [4.69, 9.17) is 16.3 Å². The first-order valence-corrected chi connectivity index (χ1v) is 9.73. The van der Waals surface area contributed by atoms with E-state index in [1.807, 2.05) is 48.5 Å². The van der Waals surface area contributed by atoms with Crippen molar-refractivity contribution in [3.8, 4) is 28.1 Å². The van der Waals surface area contributed by atoms with Crippen molar-refractivity contribution >= 4 is 11.6 Å². The van der Waals surface area contributed by atoms with Gasteiger partial charge in [0.05, 0.1) is 0 Å². The zero-order valence-corrected chi connectivity index (χ0v) is 16.5. The molecule has 2 aromatic heterocycles. The van der Waals surface area contributed by atoms with Crippen LogP contribution in [-0.4, -0.2) is 19.6 Å². The molecule has 7 heteroatoms. The Hall–Kier alpha value is -3.48. The molecular formula is C23H16ClN3O3. The lowest BCUT2D eigenvalue weighted by Gasteiger charge is -2.15. The normalized spacial score (nSPS) is 15.2. The summed E-state index contributed by atoms with van der Waals surface area (Å²) in [6, 6.07) is 20.7. The van der Waals surface area contributed by atoms with Gasteiger partial charge in [0.1, 0.15) is 23.1 Å². The molecule has 30 heavy (non-hydrogen) atoms. The molecule has 1 atom stereocenters. The third-order valence-corrected chi connectivity index (χ3v) is 5.29. The van der Waals surface area contributed by atoms with Crippen LogP contribution in [0.5, 0.6) is 5.88 Å². The van der Waals surface area contributed by atoms with Gasteiger partial charge in [0, 0.05) is 11.8 Å². The molecule has 3 heterocycles. The van der Waals surface area contributed by atoms with Crippen LogP contribution in [0.3, 0.4) is 0 Å². The van der Waals surface area contributed by atoms with E-state index < -0.39 is 6.23 Å². The number of ether oxygens (including phenoxy) is 1. The minimum atomic E-state index is -0.679. The van der Waals surface area contributed by atoms with Gasteiger partial charge in [-0.2, -0.15) is 4.98 Å². The van der Waals surface area contributed by atoms with Gasteiger partial charge in [-0.05, 0) is 34.9 Å². The average Bonchev–Trinajstić information content (AvgIpc) is 3.19. The summed E-state index contributed by atoms with van der Waals surface area (Å²) in [4.78, 5) is 21.7. The number of hydrogen-bond acceptors (Lipinski definition) is 5. The maximum absolute atomic E-state index is 13.4. The second kappa shape index (κ2) is 7.40. The molecule has 6 nitrogen and oxygen atoms in total. The van der Waals surface area contributed by atoms with Crippen LogP contribution in [0.2, 0.25) is 5.15 Å². The van der Waals surface area contributed by atoms with Crippen molar-refractivity contribution in [3.63, 3.8) is 0 Å². The molecule has 0 saturated carbocycles. The Balaban J connectivity index is 1.64. The number of aromatic hydroxyl groups is 1. The quantitative estimate of drug-likeness (QED) is 0.500. The van der Waals surface area contributed by atoms with Crippen LogP contribution in [0, 0.1) is 0 Å². The van der Waals surface area contributed by atoms with Crippen LogP contribution >= 0.6 is 11.6 Å². The molecular weight excluding hydrogens is 402 g/mol. The minimum Gasteiger partial charge on any atom is -0.493 e. The largest absolute Gasteiger partial charge is 0.493 e. The molecule has 0 amide bonds. The molecule has 0 fully saturated rings. The molecule has 5 rings (SSSR count). The Labute approximate surface area is 177 Å². The summed E-state index contributed by atoms with van der Waals surface area (Å²) in [5, 5.41) is 10.9. The third kappa shape index (κ3) is 3.16. The molecule has 0 spiro atoms. The summed E-state index contributed by atoms with van der Waals surface area (Å²) >= 11 is 5.88. The van der Waals surface area contributed by atoms with E-state index in [1.54, 1.807) is 24.4 Å². The van der Waals surface area contributed by atoms with Crippen molar-refractivity contribution in [1.82, 2.24) is 14.5 Å². The standard InChI is InChI=1S/C23H16ClN3O3/c24-18-10-9-17(12-25-18)23-27-19(13-30-23)26-21(28)20(22(27)29)16-8-4-7-15(11-16)14-5-2-1-3-6-14/h1-12,23,28H,13H2. The molecule has 1 aliphatic heterocycles. The monoisotopic (exact) mass is 417 g/mol. The van der Waals surface area contributed by atoms with Crippen LogP contribution in [0.25, 0.3) is 22.3 Å². The number of hydrogen-bond donors (Lipinski definition) is 1. The maximum atomic E-state index is 13.4. The predicted octanol–water partition coefficient (Wildman–Crippen LogP) is 4.41. The van der Waals surface area contributed by atoms with E-state index >= 15 is 0 Å². The van der Waals surface area contributed by atoms with Crippen molar-refractivity contribution in [3.05, 3.63) is 99.8 Å². The number of fused-ring (bicyclic) bond motifs is 1. The van der Waals surface area contributed by atoms with Crippen LogP contribution in [0.4, 0.5) is 0 Å². The number of pyridine rings is 1.